The van der Waals surface area contributed by atoms with Crippen LogP contribution in [0.1, 0.15) is 44.1 Å². The van der Waals surface area contributed by atoms with Crippen LogP contribution < -0.4 is 9.47 Å². The molecule has 4 fully saturated rings. The van der Waals surface area contributed by atoms with E-state index in [-0.39, 0.29) is 17.2 Å². The molecule has 31 heavy (non-hydrogen) atoms. The van der Waals surface area contributed by atoms with E-state index < -0.39 is 0 Å². The van der Waals surface area contributed by atoms with Gasteiger partial charge in [0.15, 0.2) is 6.20 Å². The van der Waals surface area contributed by atoms with E-state index in [4.69, 9.17) is 4.74 Å². The number of methoxy groups -OCH3 is 1. The second-order valence-electron chi connectivity index (χ2n) is 9.63. The fourth-order valence-corrected chi connectivity index (χ4v) is 7.40. The molecular weight excluding hydrogens is 408 g/mol. The van der Waals surface area contributed by atoms with E-state index in [1.54, 1.807) is 19.2 Å². The van der Waals surface area contributed by atoms with Gasteiger partial charge in [-0.15, -0.1) is 0 Å². The lowest BCUT2D eigenvalue weighted by molar-refractivity contribution is -0.645. The van der Waals surface area contributed by atoms with E-state index in [9.17, 15) is 10.0 Å². The van der Waals surface area contributed by atoms with Crippen molar-refractivity contribution in [2.24, 2.45) is 17.8 Å². The predicted molar refractivity (Wildman–Crippen MR) is 121 cm³/mol. The van der Waals surface area contributed by atoms with Crippen molar-refractivity contribution >= 4 is 17.7 Å². The first kappa shape index (κ1) is 20.7. The van der Waals surface area contributed by atoms with Crippen molar-refractivity contribution in [2.75, 3.05) is 12.9 Å². The molecule has 2 aromatic rings. The van der Waals surface area contributed by atoms with Gasteiger partial charge in [0.1, 0.15) is 5.75 Å². The van der Waals surface area contributed by atoms with Crippen molar-refractivity contribution in [3.8, 4) is 5.75 Å². The first-order chi connectivity index (χ1) is 15.0. The number of amides is 1. The van der Waals surface area contributed by atoms with Crippen molar-refractivity contribution in [1.82, 2.24) is 4.90 Å². The average molecular weight is 439 g/mol. The molecule has 0 atom stereocenters. The van der Waals surface area contributed by atoms with E-state index in [2.05, 4.69) is 11.0 Å². The first-order valence-electron chi connectivity index (χ1n) is 11.3. The molecule has 164 valence electrons. The summed E-state index contributed by atoms with van der Waals surface area (Å²) in [5.74, 6) is 3.53. The summed E-state index contributed by atoms with van der Waals surface area (Å²) < 4.78 is 6.26. The molecule has 0 spiro atoms. The van der Waals surface area contributed by atoms with Gasteiger partial charge >= 0.3 is 0 Å². The van der Waals surface area contributed by atoms with Crippen LogP contribution in [0.2, 0.25) is 0 Å². The molecule has 4 aliphatic carbocycles. The summed E-state index contributed by atoms with van der Waals surface area (Å²) in [7, 11) is 1.68. The van der Waals surface area contributed by atoms with E-state index in [1.165, 1.54) is 37.2 Å². The summed E-state index contributed by atoms with van der Waals surface area (Å²) in [6.07, 6.45) is 8.91. The third kappa shape index (κ3) is 4.14. The van der Waals surface area contributed by atoms with Gasteiger partial charge in [-0.25, -0.2) is 0 Å². The highest BCUT2D eigenvalue weighted by Crippen LogP contribution is 2.58. The molecule has 1 amide bonds. The molecule has 0 aliphatic heterocycles. The maximum absolute atomic E-state index is 13.7. The maximum atomic E-state index is 13.7. The Hall–Kier alpha value is -2.21. The number of thioether (sulfide) groups is 1. The Kier molecular flexibility index (Phi) is 5.59. The van der Waals surface area contributed by atoms with Gasteiger partial charge in [0.05, 0.1) is 12.9 Å². The Morgan fingerprint density at radius 2 is 1.84 bits per heavy atom. The molecule has 6 heteroatoms. The number of rotatable bonds is 7. The minimum Gasteiger partial charge on any atom is -0.618 e. The van der Waals surface area contributed by atoms with Gasteiger partial charge < -0.3 is 14.8 Å². The highest BCUT2D eigenvalue weighted by atomic mass is 32.2. The number of ether oxygens (including phenoxy) is 1. The summed E-state index contributed by atoms with van der Waals surface area (Å²) in [6, 6.07) is 13.4. The highest BCUT2D eigenvalue weighted by Gasteiger charge is 2.54. The monoisotopic (exact) mass is 438 g/mol. The maximum Gasteiger partial charge on any atom is 0.251 e. The number of nitrogens with zero attached hydrogens (tertiary/aromatic N) is 2. The van der Waals surface area contributed by atoms with Crippen LogP contribution in [0.25, 0.3) is 0 Å². The van der Waals surface area contributed by atoms with Gasteiger partial charge in [0.2, 0.25) is 5.91 Å². The molecule has 4 saturated carbocycles. The first-order valence-corrected chi connectivity index (χ1v) is 12.3. The second-order valence-corrected chi connectivity index (χ2v) is 10.6. The van der Waals surface area contributed by atoms with E-state index in [0.29, 0.717) is 11.6 Å². The topological polar surface area (TPSA) is 56.5 Å². The van der Waals surface area contributed by atoms with E-state index in [0.717, 1.165) is 53.1 Å². The summed E-state index contributed by atoms with van der Waals surface area (Å²) in [4.78, 5) is 15.8. The van der Waals surface area contributed by atoms with Crippen LogP contribution >= 0.6 is 11.8 Å². The number of aromatic nitrogens is 1. The Labute approximate surface area is 188 Å². The van der Waals surface area contributed by atoms with Crippen molar-refractivity contribution < 1.29 is 14.3 Å². The number of pyridine rings is 1. The Balaban J connectivity index is 1.41. The third-order valence-electron chi connectivity index (χ3n) is 7.49. The highest BCUT2D eigenvalue weighted by molar-refractivity contribution is 7.99. The molecular formula is C25H30N2O3S. The average Bonchev–Trinajstić information content (AvgIpc) is 2.76. The van der Waals surface area contributed by atoms with Crippen molar-refractivity contribution in [3.05, 3.63) is 59.4 Å². The smallest absolute Gasteiger partial charge is 0.251 e. The Morgan fingerprint density at radius 3 is 2.48 bits per heavy atom. The summed E-state index contributed by atoms with van der Waals surface area (Å²) in [5.41, 5.74) is 1.08. The summed E-state index contributed by atoms with van der Waals surface area (Å²) >= 11 is 1.34. The molecule has 0 N–H and O–H groups in total. The van der Waals surface area contributed by atoms with Crippen LogP contribution in [-0.2, 0) is 11.3 Å². The Morgan fingerprint density at radius 1 is 1.13 bits per heavy atom. The number of carbonyl (C=O) groups is 1. The van der Waals surface area contributed by atoms with Crippen molar-refractivity contribution in [2.45, 2.75) is 55.6 Å². The van der Waals surface area contributed by atoms with Crippen LogP contribution in [-0.4, -0.2) is 29.2 Å². The molecule has 4 aliphatic rings. The third-order valence-corrected chi connectivity index (χ3v) is 8.49. The van der Waals surface area contributed by atoms with Gasteiger partial charge in [0, 0.05) is 24.2 Å². The fourth-order valence-electron chi connectivity index (χ4n) is 6.61. The molecule has 1 aromatic heterocycles. The summed E-state index contributed by atoms with van der Waals surface area (Å²) in [5, 5.41) is 12.6. The minimum atomic E-state index is -0.0282. The van der Waals surface area contributed by atoms with Crippen LogP contribution in [0.3, 0.4) is 0 Å². The SMILES string of the molecule is COc1cccc(CN(C(=O)CSc2cccc[n+]2[O-])C23CC4CC(CC(C4)C2)C3)c1. The second kappa shape index (κ2) is 8.38. The molecule has 0 saturated heterocycles. The number of hydrogen-bond donors (Lipinski definition) is 0. The Bertz CT molecular complexity index is 928. The van der Waals surface area contributed by atoms with Crippen molar-refractivity contribution in [3.63, 3.8) is 0 Å². The van der Waals surface area contributed by atoms with Crippen molar-refractivity contribution in [1.29, 1.82) is 0 Å². The standard InChI is InChI=1S/C25H30N2O3S/c1-30-22-6-4-5-18(12-22)16-26(23(28)17-31-24-7-2-3-8-27(24)29)25-13-19-9-20(14-25)11-21(10-19)15-25/h2-8,12,19-21H,9-11,13-17H2,1H3. The largest absolute Gasteiger partial charge is 0.618 e. The number of carbonyl (C=O) groups excluding carboxylic acids is 1. The number of hydrogen-bond acceptors (Lipinski definition) is 4. The normalized spacial score (nSPS) is 28.5. The molecule has 0 unspecified atom stereocenters. The van der Waals surface area contributed by atoms with Gasteiger partial charge in [-0.05, 0) is 91.8 Å². The lowest BCUT2D eigenvalue weighted by Gasteiger charge is -2.60. The lowest BCUT2D eigenvalue weighted by Crippen LogP contribution is -2.61. The van der Waals surface area contributed by atoms with Gasteiger partial charge in [0.25, 0.3) is 5.03 Å². The molecule has 0 radical (unpaired) electrons. The lowest BCUT2D eigenvalue weighted by atomic mass is 9.52. The molecule has 4 bridgehead atoms. The van der Waals surface area contributed by atoms with E-state index in [1.807, 2.05) is 24.3 Å². The van der Waals surface area contributed by atoms with Gasteiger partial charge in [-0.3, -0.25) is 4.79 Å². The molecule has 6 rings (SSSR count). The van der Waals surface area contributed by atoms with Crippen LogP contribution in [0.15, 0.2) is 53.7 Å². The zero-order valence-electron chi connectivity index (χ0n) is 18.0. The molecule has 5 nitrogen and oxygen atoms in total. The molecule has 1 aromatic carbocycles. The fraction of sp³-hybridized carbons (Fsp3) is 0.520. The van der Waals surface area contributed by atoms with E-state index >= 15 is 0 Å². The quantitative estimate of drug-likeness (QED) is 0.365. The number of benzene rings is 1. The van der Waals surface area contributed by atoms with Crippen LogP contribution in [0, 0.1) is 23.0 Å². The van der Waals surface area contributed by atoms with Gasteiger partial charge in [-0.1, -0.05) is 12.1 Å². The van der Waals surface area contributed by atoms with Crippen LogP contribution in [0.4, 0.5) is 0 Å². The summed E-state index contributed by atoms with van der Waals surface area (Å²) in [6.45, 7) is 0.606. The zero-order chi connectivity index (χ0) is 21.4. The predicted octanol–water partition coefficient (Wildman–Crippen LogP) is 4.42. The zero-order valence-corrected chi connectivity index (χ0v) is 18.9. The minimum absolute atomic E-state index is 0.0282. The van der Waals surface area contributed by atoms with Gasteiger partial charge in [-0.2, -0.15) is 4.73 Å². The van der Waals surface area contributed by atoms with Crippen LogP contribution in [0.5, 0.6) is 5.75 Å². The molecule has 1 heterocycles.